The number of pyridine rings is 1. The van der Waals surface area contributed by atoms with E-state index in [-0.39, 0.29) is 5.91 Å². The van der Waals surface area contributed by atoms with Crippen molar-refractivity contribution in [3.05, 3.63) is 47.3 Å². The number of carbonyl (C=O) groups excluding carboxylic acids is 1. The SMILES string of the molecule is COc1cccc(N2CCN(C(=O)c3cc(C)nc4c3c(C)nn4C)CC2)c1. The number of anilines is 1. The third-order valence-electron chi connectivity index (χ3n) is 5.31. The van der Waals surface area contributed by atoms with Crippen molar-refractivity contribution >= 4 is 22.6 Å². The molecule has 1 aliphatic heterocycles. The molecule has 0 aliphatic carbocycles. The first-order chi connectivity index (χ1) is 13.5. The Kier molecular flexibility index (Phi) is 4.66. The van der Waals surface area contributed by atoms with Crippen LogP contribution in [0.3, 0.4) is 0 Å². The normalized spacial score (nSPS) is 14.6. The van der Waals surface area contributed by atoms with Gasteiger partial charge in [0.05, 0.1) is 23.8 Å². The lowest BCUT2D eigenvalue weighted by Crippen LogP contribution is -2.48. The lowest BCUT2D eigenvalue weighted by molar-refractivity contribution is 0.0748. The van der Waals surface area contributed by atoms with Crippen LogP contribution in [0.25, 0.3) is 11.0 Å². The number of hydrogen-bond acceptors (Lipinski definition) is 5. The van der Waals surface area contributed by atoms with E-state index in [0.29, 0.717) is 18.7 Å². The van der Waals surface area contributed by atoms with Crippen LogP contribution in [0.4, 0.5) is 5.69 Å². The Hall–Kier alpha value is -3.09. The van der Waals surface area contributed by atoms with Gasteiger partial charge in [-0.25, -0.2) is 4.98 Å². The van der Waals surface area contributed by atoms with Crippen LogP contribution in [0, 0.1) is 13.8 Å². The van der Waals surface area contributed by atoms with Gasteiger partial charge in [0, 0.05) is 50.7 Å². The Morgan fingerprint density at radius 2 is 1.86 bits per heavy atom. The molecule has 1 saturated heterocycles. The maximum absolute atomic E-state index is 13.3. The molecule has 1 fully saturated rings. The second kappa shape index (κ2) is 7.14. The number of piperazine rings is 1. The van der Waals surface area contributed by atoms with Crippen LogP contribution in [0.5, 0.6) is 5.75 Å². The Balaban J connectivity index is 1.55. The van der Waals surface area contributed by atoms with Gasteiger partial charge in [-0.15, -0.1) is 0 Å². The summed E-state index contributed by atoms with van der Waals surface area (Å²) in [5.74, 6) is 0.898. The molecule has 2 aromatic heterocycles. The van der Waals surface area contributed by atoms with Crippen molar-refractivity contribution in [3.63, 3.8) is 0 Å². The van der Waals surface area contributed by atoms with Gasteiger partial charge in [0.25, 0.3) is 5.91 Å². The maximum atomic E-state index is 13.3. The van der Waals surface area contributed by atoms with E-state index >= 15 is 0 Å². The summed E-state index contributed by atoms with van der Waals surface area (Å²) in [5.41, 5.74) is 4.24. The summed E-state index contributed by atoms with van der Waals surface area (Å²) in [4.78, 5) is 22.1. The number of aromatic nitrogens is 3. The molecule has 28 heavy (non-hydrogen) atoms. The number of rotatable bonds is 3. The number of carbonyl (C=O) groups is 1. The first-order valence-electron chi connectivity index (χ1n) is 9.47. The molecule has 0 spiro atoms. The van der Waals surface area contributed by atoms with Gasteiger partial charge in [-0.05, 0) is 32.0 Å². The highest BCUT2D eigenvalue weighted by Crippen LogP contribution is 2.25. The Bertz CT molecular complexity index is 1030. The molecule has 0 bridgehead atoms. The van der Waals surface area contributed by atoms with Gasteiger partial charge in [-0.3, -0.25) is 9.48 Å². The molecule has 4 rings (SSSR count). The van der Waals surface area contributed by atoms with Gasteiger partial charge in [0.2, 0.25) is 0 Å². The standard InChI is InChI=1S/C21H25N5O2/c1-14-12-18(19-15(2)23-24(3)20(19)22-14)21(27)26-10-8-25(9-11-26)16-6-5-7-17(13-16)28-4/h5-7,12-13H,8-11H2,1-4H3. The third-order valence-corrected chi connectivity index (χ3v) is 5.31. The predicted molar refractivity (Wildman–Crippen MR) is 109 cm³/mol. The van der Waals surface area contributed by atoms with Crippen molar-refractivity contribution in [2.45, 2.75) is 13.8 Å². The number of fused-ring (bicyclic) bond motifs is 1. The van der Waals surface area contributed by atoms with Crippen LogP contribution < -0.4 is 9.64 Å². The molecule has 0 unspecified atom stereocenters. The summed E-state index contributed by atoms with van der Waals surface area (Å²) >= 11 is 0. The molecule has 1 aromatic carbocycles. The summed E-state index contributed by atoms with van der Waals surface area (Å²) in [6.07, 6.45) is 0. The van der Waals surface area contributed by atoms with Gasteiger partial charge in [0.1, 0.15) is 5.75 Å². The van der Waals surface area contributed by atoms with Crippen LogP contribution in [-0.4, -0.2) is 58.9 Å². The fourth-order valence-corrected chi connectivity index (χ4v) is 3.88. The van der Waals surface area contributed by atoms with Crippen molar-refractivity contribution in [2.24, 2.45) is 7.05 Å². The molecule has 3 aromatic rings. The smallest absolute Gasteiger partial charge is 0.254 e. The molecule has 0 N–H and O–H groups in total. The molecule has 7 heteroatoms. The number of hydrogen-bond donors (Lipinski definition) is 0. The van der Waals surface area contributed by atoms with E-state index in [4.69, 9.17) is 4.74 Å². The van der Waals surface area contributed by atoms with E-state index in [1.165, 1.54) is 0 Å². The molecule has 0 radical (unpaired) electrons. The summed E-state index contributed by atoms with van der Waals surface area (Å²) < 4.78 is 7.07. The summed E-state index contributed by atoms with van der Waals surface area (Å²) in [6.45, 7) is 6.78. The van der Waals surface area contributed by atoms with Crippen molar-refractivity contribution in [1.29, 1.82) is 0 Å². The van der Waals surface area contributed by atoms with Crippen LogP contribution in [0.2, 0.25) is 0 Å². The zero-order valence-electron chi connectivity index (χ0n) is 16.8. The predicted octanol–water partition coefficient (Wildman–Crippen LogP) is 2.56. The monoisotopic (exact) mass is 379 g/mol. The minimum atomic E-state index is 0.0527. The van der Waals surface area contributed by atoms with E-state index in [1.807, 2.05) is 50.1 Å². The van der Waals surface area contributed by atoms with Gasteiger partial charge in [-0.1, -0.05) is 6.07 Å². The lowest BCUT2D eigenvalue weighted by atomic mass is 10.1. The van der Waals surface area contributed by atoms with Crippen molar-refractivity contribution in [1.82, 2.24) is 19.7 Å². The van der Waals surface area contributed by atoms with Crippen LogP contribution in [0.1, 0.15) is 21.7 Å². The number of nitrogens with zero attached hydrogens (tertiary/aromatic N) is 5. The minimum absolute atomic E-state index is 0.0527. The number of benzene rings is 1. The first-order valence-corrected chi connectivity index (χ1v) is 9.47. The largest absolute Gasteiger partial charge is 0.497 e. The van der Waals surface area contributed by atoms with Crippen LogP contribution >= 0.6 is 0 Å². The van der Waals surface area contributed by atoms with Gasteiger partial charge in [0.15, 0.2) is 5.65 Å². The molecule has 1 aliphatic rings. The highest BCUT2D eigenvalue weighted by Gasteiger charge is 2.26. The zero-order valence-corrected chi connectivity index (χ0v) is 16.8. The van der Waals surface area contributed by atoms with Crippen molar-refractivity contribution in [3.8, 4) is 5.75 Å². The Labute approximate surface area is 164 Å². The van der Waals surface area contributed by atoms with E-state index in [9.17, 15) is 4.79 Å². The van der Waals surface area contributed by atoms with E-state index in [0.717, 1.165) is 46.9 Å². The highest BCUT2D eigenvalue weighted by atomic mass is 16.5. The first kappa shape index (κ1) is 18.3. The quantitative estimate of drug-likeness (QED) is 0.700. The number of ether oxygens (including phenoxy) is 1. The van der Waals surface area contributed by atoms with Crippen molar-refractivity contribution < 1.29 is 9.53 Å². The lowest BCUT2D eigenvalue weighted by Gasteiger charge is -2.36. The molecule has 1 amide bonds. The molecule has 3 heterocycles. The fourth-order valence-electron chi connectivity index (χ4n) is 3.88. The molecule has 146 valence electrons. The number of aryl methyl sites for hydroxylation is 3. The number of methoxy groups -OCH3 is 1. The zero-order chi connectivity index (χ0) is 19.8. The molecule has 0 atom stereocenters. The second-order valence-electron chi connectivity index (χ2n) is 7.20. The molecule has 0 saturated carbocycles. The van der Waals surface area contributed by atoms with Gasteiger partial charge in [-0.2, -0.15) is 5.10 Å². The third kappa shape index (κ3) is 3.17. The van der Waals surface area contributed by atoms with E-state index in [2.05, 4.69) is 21.0 Å². The fraction of sp³-hybridized carbons (Fsp3) is 0.381. The molecular formula is C21H25N5O2. The highest BCUT2D eigenvalue weighted by molar-refractivity contribution is 6.06. The van der Waals surface area contributed by atoms with Gasteiger partial charge >= 0.3 is 0 Å². The van der Waals surface area contributed by atoms with Crippen LogP contribution in [-0.2, 0) is 7.05 Å². The van der Waals surface area contributed by atoms with Gasteiger partial charge < -0.3 is 14.5 Å². The Morgan fingerprint density at radius 1 is 1.11 bits per heavy atom. The summed E-state index contributed by atoms with van der Waals surface area (Å²) in [5, 5.41) is 5.31. The van der Waals surface area contributed by atoms with Crippen LogP contribution in [0.15, 0.2) is 30.3 Å². The number of amides is 1. The average Bonchev–Trinajstić information content (AvgIpc) is 3.00. The summed E-state index contributed by atoms with van der Waals surface area (Å²) in [7, 11) is 3.54. The average molecular weight is 379 g/mol. The second-order valence-corrected chi connectivity index (χ2v) is 7.20. The van der Waals surface area contributed by atoms with E-state index in [1.54, 1.807) is 11.8 Å². The summed E-state index contributed by atoms with van der Waals surface area (Å²) in [6, 6.07) is 9.93. The maximum Gasteiger partial charge on any atom is 0.254 e. The Morgan fingerprint density at radius 3 is 2.57 bits per heavy atom. The van der Waals surface area contributed by atoms with Crippen molar-refractivity contribution in [2.75, 3.05) is 38.2 Å². The minimum Gasteiger partial charge on any atom is -0.497 e. The molecule has 7 nitrogen and oxygen atoms in total. The van der Waals surface area contributed by atoms with E-state index < -0.39 is 0 Å². The molecular weight excluding hydrogens is 354 g/mol. The topological polar surface area (TPSA) is 63.5 Å².